The molecule has 0 unspecified atom stereocenters. The molecule has 1 aromatic rings. The van der Waals surface area contributed by atoms with Crippen LogP contribution in [0.1, 0.15) is 19.4 Å². The number of halogens is 2. The number of benzene rings is 1. The Labute approximate surface area is 147 Å². The van der Waals surface area contributed by atoms with E-state index in [0.29, 0.717) is 5.56 Å². The molecule has 0 aliphatic carbocycles. The van der Waals surface area contributed by atoms with E-state index in [-0.39, 0.29) is 38.5 Å². The van der Waals surface area contributed by atoms with E-state index >= 15 is 0 Å². The molecular formula is C15H14BrFNY-. The molecule has 4 heteroatoms. The van der Waals surface area contributed by atoms with Crippen molar-refractivity contribution >= 4 is 21.6 Å². The molecule has 97 valence electrons. The standard InChI is InChI=1S/C15H14BrFN.Y/c1-4-18-11(3)10(2)5-8-15(18)13-7-6-12(16)9-14(13)17;/h5-7,9H,3-4H2,1-2H3;/q-1;. The molecule has 1 aromatic carbocycles. The predicted octanol–water partition coefficient (Wildman–Crippen LogP) is 4.53. The summed E-state index contributed by atoms with van der Waals surface area (Å²) in [5, 5.41) is 0. The van der Waals surface area contributed by atoms with E-state index in [0.717, 1.165) is 28.0 Å². The van der Waals surface area contributed by atoms with Crippen molar-refractivity contribution in [2.45, 2.75) is 13.8 Å². The van der Waals surface area contributed by atoms with E-state index in [2.05, 4.69) is 28.6 Å². The number of rotatable bonds is 2. The Bertz CT molecular complexity index is 563. The van der Waals surface area contributed by atoms with E-state index in [1.807, 2.05) is 30.9 Å². The van der Waals surface area contributed by atoms with E-state index in [9.17, 15) is 4.39 Å². The quantitative estimate of drug-likeness (QED) is 0.665. The number of hydrogen-bond acceptors (Lipinski definition) is 1. The molecule has 19 heavy (non-hydrogen) atoms. The molecule has 1 aliphatic heterocycles. The van der Waals surface area contributed by atoms with Crippen LogP contribution in [0.2, 0.25) is 0 Å². The van der Waals surface area contributed by atoms with Gasteiger partial charge in [0.05, 0.1) is 5.82 Å². The molecule has 0 fully saturated rings. The van der Waals surface area contributed by atoms with Gasteiger partial charge in [-0.1, -0.05) is 46.8 Å². The molecule has 1 radical (unpaired) electrons. The largest absolute Gasteiger partial charge is 0.376 e. The van der Waals surface area contributed by atoms with Crippen molar-refractivity contribution in [3.05, 3.63) is 64.1 Å². The second-order valence-electron chi connectivity index (χ2n) is 4.14. The molecule has 0 atom stereocenters. The smallest absolute Gasteiger partial charge is 0.0792 e. The summed E-state index contributed by atoms with van der Waals surface area (Å²) in [7, 11) is 0. The van der Waals surface area contributed by atoms with Crippen LogP contribution in [0, 0.1) is 11.9 Å². The Kier molecular flexibility index (Phi) is 6.16. The third-order valence-corrected chi connectivity index (χ3v) is 3.47. The third kappa shape index (κ3) is 3.45. The first-order chi connectivity index (χ1) is 8.54. The van der Waals surface area contributed by atoms with Crippen LogP contribution in [-0.2, 0) is 32.7 Å². The van der Waals surface area contributed by atoms with E-state index in [4.69, 9.17) is 0 Å². The zero-order chi connectivity index (χ0) is 13.3. The summed E-state index contributed by atoms with van der Waals surface area (Å²) in [6.07, 6.45) is 4.99. The first kappa shape index (κ1) is 16.8. The predicted molar refractivity (Wildman–Crippen MR) is 76.0 cm³/mol. The van der Waals surface area contributed by atoms with Gasteiger partial charge in [0.1, 0.15) is 0 Å². The van der Waals surface area contributed by atoms with Gasteiger partial charge in [-0.2, -0.15) is 12.2 Å². The van der Waals surface area contributed by atoms with Crippen molar-refractivity contribution in [2.75, 3.05) is 6.54 Å². The summed E-state index contributed by atoms with van der Waals surface area (Å²) >= 11 is 3.26. The average Bonchev–Trinajstić information content (AvgIpc) is 2.33. The summed E-state index contributed by atoms with van der Waals surface area (Å²) in [5.74, 6) is -0.258. The van der Waals surface area contributed by atoms with Crippen LogP contribution < -0.4 is 0 Å². The van der Waals surface area contributed by atoms with Gasteiger partial charge in [0, 0.05) is 43.7 Å². The fourth-order valence-electron chi connectivity index (χ4n) is 1.94. The van der Waals surface area contributed by atoms with Crippen LogP contribution in [0.15, 0.2) is 46.6 Å². The molecular weight excluding hydrogens is 382 g/mol. The number of allylic oxidation sites excluding steroid dienone is 3. The molecule has 0 saturated heterocycles. The molecule has 2 rings (SSSR count). The van der Waals surface area contributed by atoms with Gasteiger partial charge in [-0.25, -0.2) is 4.39 Å². The van der Waals surface area contributed by atoms with E-state index in [1.54, 1.807) is 6.07 Å². The van der Waals surface area contributed by atoms with Gasteiger partial charge in [-0.3, -0.25) is 0 Å². The Balaban J connectivity index is 0.00000180. The molecule has 0 saturated carbocycles. The van der Waals surface area contributed by atoms with E-state index in [1.165, 1.54) is 6.07 Å². The van der Waals surface area contributed by atoms with Crippen LogP contribution in [0.3, 0.4) is 0 Å². The van der Waals surface area contributed by atoms with Gasteiger partial charge in [0.25, 0.3) is 0 Å². The minimum Gasteiger partial charge on any atom is -0.376 e. The van der Waals surface area contributed by atoms with Gasteiger partial charge in [-0.15, -0.1) is 11.6 Å². The second kappa shape index (κ2) is 6.96. The van der Waals surface area contributed by atoms with Gasteiger partial charge < -0.3 is 4.90 Å². The summed E-state index contributed by atoms with van der Waals surface area (Å²) in [4.78, 5) is 1.97. The molecule has 1 heterocycles. The van der Waals surface area contributed by atoms with Crippen molar-refractivity contribution < 1.29 is 37.1 Å². The fraction of sp³-hybridized carbons (Fsp3) is 0.200. The normalized spacial score (nSPS) is 14.7. The van der Waals surface area contributed by atoms with Crippen LogP contribution in [0.5, 0.6) is 0 Å². The fourth-order valence-corrected chi connectivity index (χ4v) is 2.27. The first-order valence-electron chi connectivity index (χ1n) is 5.77. The summed E-state index contributed by atoms with van der Waals surface area (Å²) < 4.78 is 14.7. The second-order valence-corrected chi connectivity index (χ2v) is 5.05. The number of nitrogens with zero attached hydrogens (tertiary/aromatic N) is 1. The molecule has 0 spiro atoms. The third-order valence-electron chi connectivity index (χ3n) is 2.98. The van der Waals surface area contributed by atoms with Gasteiger partial charge >= 0.3 is 0 Å². The van der Waals surface area contributed by atoms with Gasteiger partial charge in [0.15, 0.2) is 0 Å². The van der Waals surface area contributed by atoms with Crippen molar-refractivity contribution in [3.8, 4) is 0 Å². The summed E-state index contributed by atoms with van der Waals surface area (Å²) in [6, 6.07) is 5.05. The van der Waals surface area contributed by atoms with Crippen LogP contribution in [0.4, 0.5) is 4.39 Å². The molecule has 1 nitrogen and oxygen atoms in total. The molecule has 0 aromatic heterocycles. The van der Waals surface area contributed by atoms with Crippen LogP contribution in [0.25, 0.3) is 5.70 Å². The average molecular weight is 396 g/mol. The summed E-state index contributed by atoms with van der Waals surface area (Å²) in [5.41, 5.74) is 3.23. The van der Waals surface area contributed by atoms with Gasteiger partial charge in [0.2, 0.25) is 0 Å². The minimum atomic E-state index is -0.258. The molecule has 0 amide bonds. The first-order valence-corrected chi connectivity index (χ1v) is 6.56. The number of likely N-dealkylation sites (N-methyl/N-ethyl adjacent to an activating group) is 1. The van der Waals surface area contributed by atoms with Crippen molar-refractivity contribution in [1.82, 2.24) is 4.90 Å². The Morgan fingerprint density at radius 3 is 2.68 bits per heavy atom. The maximum Gasteiger partial charge on any atom is 0.0792 e. The number of hydrogen-bond donors (Lipinski definition) is 0. The maximum absolute atomic E-state index is 14.0. The topological polar surface area (TPSA) is 3.24 Å². The van der Waals surface area contributed by atoms with Crippen LogP contribution >= 0.6 is 15.9 Å². The molecule has 0 N–H and O–H groups in total. The van der Waals surface area contributed by atoms with Gasteiger partial charge in [-0.05, 0) is 18.7 Å². The van der Waals surface area contributed by atoms with E-state index < -0.39 is 0 Å². The minimum absolute atomic E-state index is 0. The zero-order valence-corrected chi connectivity index (χ0v) is 15.4. The Morgan fingerprint density at radius 1 is 1.42 bits per heavy atom. The molecule has 0 bridgehead atoms. The maximum atomic E-state index is 14.0. The zero-order valence-electron chi connectivity index (χ0n) is 11.0. The SMILES string of the molecule is C=C1C(C)=C[C-]=C(c2ccc(Br)cc2F)N1CC.[Y]. The Hall–Kier alpha value is -0.246. The van der Waals surface area contributed by atoms with Crippen molar-refractivity contribution in [3.63, 3.8) is 0 Å². The Morgan fingerprint density at radius 2 is 2.11 bits per heavy atom. The summed E-state index contributed by atoms with van der Waals surface area (Å²) in [6.45, 7) is 8.77. The van der Waals surface area contributed by atoms with Crippen LogP contribution in [-0.4, -0.2) is 11.4 Å². The van der Waals surface area contributed by atoms with Crippen molar-refractivity contribution in [1.29, 1.82) is 0 Å². The van der Waals surface area contributed by atoms with Crippen molar-refractivity contribution in [2.24, 2.45) is 0 Å². The molecule has 1 aliphatic rings. The monoisotopic (exact) mass is 395 g/mol.